The third-order valence-electron chi connectivity index (χ3n) is 4.46. The van der Waals surface area contributed by atoms with Crippen LogP contribution in [0.4, 0.5) is 0 Å². The smallest absolute Gasteiger partial charge is 0.191 e. The molecular weight excluding hydrogens is 236 g/mol. The molecule has 4 nitrogen and oxygen atoms in total. The average Bonchev–Trinajstić information content (AvgIpc) is 2.46. The molecule has 0 aliphatic carbocycles. The molecule has 0 spiro atoms. The van der Waals surface area contributed by atoms with Crippen LogP contribution in [0.15, 0.2) is 4.99 Å². The molecule has 2 saturated heterocycles. The molecule has 0 aromatic heterocycles. The van der Waals surface area contributed by atoms with E-state index in [9.17, 15) is 0 Å². The molecule has 19 heavy (non-hydrogen) atoms. The first kappa shape index (κ1) is 14.6. The lowest BCUT2D eigenvalue weighted by Gasteiger charge is -2.30. The van der Waals surface area contributed by atoms with Crippen LogP contribution >= 0.6 is 0 Å². The number of piperidine rings is 2. The molecule has 2 aliphatic rings. The Kier molecular flexibility index (Phi) is 5.95. The Bertz CT molecular complexity index is 276. The second kappa shape index (κ2) is 7.73. The van der Waals surface area contributed by atoms with Gasteiger partial charge in [-0.05, 0) is 64.1 Å². The van der Waals surface area contributed by atoms with Crippen molar-refractivity contribution in [2.45, 2.75) is 45.4 Å². The van der Waals surface area contributed by atoms with Crippen LogP contribution in [0.25, 0.3) is 0 Å². The molecular formula is C15H30N4. The SMILES string of the molecule is CC1CCN(CCCN=C(N)N2CCCCC2)CC1. The molecule has 0 amide bonds. The first-order valence-corrected chi connectivity index (χ1v) is 8.03. The van der Waals surface area contributed by atoms with E-state index in [2.05, 4.69) is 21.7 Å². The summed E-state index contributed by atoms with van der Waals surface area (Å²) in [6.07, 6.45) is 7.74. The van der Waals surface area contributed by atoms with Gasteiger partial charge in [0.1, 0.15) is 0 Å². The highest BCUT2D eigenvalue weighted by Gasteiger charge is 2.15. The zero-order chi connectivity index (χ0) is 13.5. The largest absolute Gasteiger partial charge is 0.370 e. The van der Waals surface area contributed by atoms with Crippen molar-refractivity contribution in [3.63, 3.8) is 0 Å². The lowest BCUT2D eigenvalue weighted by atomic mass is 9.99. The molecule has 2 N–H and O–H groups in total. The molecule has 2 aliphatic heterocycles. The summed E-state index contributed by atoms with van der Waals surface area (Å²) in [7, 11) is 0. The van der Waals surface area contributed by atoms with Gasteiger partial charge in [-0.15, -0.1) is 0 Å². The Morgan fingerprint density at radius 1 is 1.11 bits per heavy atom. The van der Waals surface area contributed by atoms with Gasteiger partial charge in [0.2, 0.25) is 0 Å². The Labute approximate surface area is 118 Å². The molecule has 0 aromatic carbocycles. The highest BCUT2D eigenvalue weighted by atomic mass is 15.3. The molecule has 0 bridgehead atoms. The topological polar surface area (TPSA) is 44.9 Å². The lowest BCUT2D eigenvalue weighted by Crippen LogP contribution is -2.41. The van der Waals surface area contributed by atoms with Crippen LogP contribution in [-0.2, 0) is 0 Å². The van der Waals surface area contributed by atoms with Crippen molar-refractivity contribution in [3.05, 3.63) is 0 Å². The van der Waals surface area contributed by atoms with E-state index in [0.29, 0.717) is 0 Å². The molecule has 0 radical (unpaired) electrons. The molecule has 0 aromatic rings. The van der Waals surface area contributed by atoms with Gasteiger partial charge >= 0.3 is 0 Å². The molecule has 2 fully saturated rings. The van der Waals surface area contributed by atoms with Crippen LogP contribution in [0, 0.1) is 5.92 Å². The number of hydrogen-bond donors (Lipinski definition) is 1. The number of guanidine groups is 1. The van der Waals surface area contributed by atoms with E-state index >= 15 is 0 Å². The lowest BCUT2D eigenvalue weighted by molar-refractivity contribution is 0.191. The number of hydrogen-bond acceptors (Lipinski definition) is 2. The van der Waals surface area contributed by atoms with Gasteiger partial charge in [-0.2, -0.15) is 0 Å². The number of nitrogens with two attached hydrogens (primary N) is 1. The van der Waals surface area contributed by atoms with E-state index < -0.39 is 0 Å². The minimum atomic E-state index is 0.770. The average molecular weight is 266 g/mol. The van der Waals surface area contributed by atoms with Gasteiger partial charge in [0.25, 0.3) is 0 Å². The van der Waals surface area contributed by atoms with Gasteiger partial charge in [-0.3, -0.25) is 4.99 Å². The third kappa shape index (κ3) is 5.01. The van der Waals surface area contributed by atoms with Gasteiger partial charge in [-0.1, -0.05) is 6.92 Å². The van der Waals surface area contributed by atoms with E-state index in [-0.39, 0.29) is 0 Å². The predicted molar refractivity (Wildman–Crippen MR) is 81.4 cm³/mol. The molecule has 2 rings (SSSR count). The summed E-state index contributed by atoms with van der Waals surface area (Å²) in [5.74, 6) is 1.69. The molecule has 4 heteroatoms. The fraction of sp³-hybridized carbons (Fsp3) is 0.933. The zero-order valence-electron chi connectivity index (χ0n) is 12.5. The van der Waals surface area contributed by atoms with Crippen LogP contribution in [-0.4, -0.2) is 55.0 Å². The molecule has 110 valence electrons. The Morgan fingerprint density at radius 3 is 2.47 bits per heavy atom. The molecule has 0 saturated carbocycles. The van der Waals surface area contributed by atoms with Crippen molar-refractivity contribution in [3.8, 4) is 0 Å². The third-order valence-corrected chi connectivity index (χ3v) is 4.46. The van der Waals surface area contributed by atoms with E-state index in [4.69, 9.17) is 5.73 Å². The van der Waals surface area contributed by atoms with Gasteiger partial charge in [0, 0.05) is 19.6 Å². The maximum atomic E-state index is 6.05. The Morgan fingerprint density at radius 2 is 1.79 bits per heavy atom. The van der Waals surface area contributed by atoms with Crippen molar-refractivity contribution >= 4 is 5.96 Å². The van der Waals surface area contributed by atoms with Crippen LogP contribution in [0.1, 0.15) is 45.4 Å². The Hall–Kier alpha value is -0.770. The van der Waals surface area contributed by atoms with Gasteiger partial charge in [0.05, 0.1) is 0 Å². The fourth-order valence-corrected chi connectivity index (χ4v) is 3.00. The first-order valence-electron chi connectivity index (χ1n) is 8.03. The second-order valence-corrected chi connectivity index (χ2v) is 6.17. The first-order chi connectivity index (χ1) is 9.25. The highest BCUT2D eigenvalue weighted by molar-refractivity contribution is 5.78. The van der Waals surface area contributed by atoms with Crippen LogP contribution in [0.2, 0.25) is 0 Å². The number of rotatable bonds is 4. The van der Waals surface area contributed by atoms with Crippen molar-refractivity contribution in [2.75, 3.05) is 39.3 Å². The van der Waals surface area contributed by atoms with Crippen molar-refractivity contribution in [1.29, 1.82) is 0 Å². The van der Waals surface area contributed by atoms with Gasteiger partial charge < -0.3 is 15.5 Å². The maximum absolute atomic E-state index is 6.05. The van der Waals surface area contributed by atoms with Crippen LogP contribution in [0.3, 0.4) is 0 Å². The highest BCUT2D eigenvalue weighted by Crippen LogP contribution is 2.15. The number of aliphatic imine (C=N–C) groups is 1. The molecule has 0 unspecified atom stereocenters. The summed E-state index contributed by atoms with van der Waals surface area (Å²) < 4.78 is 0. The quantitative estimate of drug-likeness (QED) is 0.480. The minimum absolute atomic E-state index is 0.770. The summed E-state index contributed by atoms with van der Waals surface area (Å²) in [5, 5.41) is 0. The summed E-state index contributed by atoms with van der Waals surface area (Å²) >= 11 is 0. The van der Waals surface area contributed by atoms with E-state index in [0.717, 1.165) is 37.9 Å². The summed E-state index contributed by atoms with van der Waals surface area (Å²) in [5.41, 5.74) is 6.05. The normalized spacial score (nSPS) is 23.8. The fourth-order valence-electron chi connectivity index (χ4n) is 3.00. The van der Waals surface area contributed by atoms with Gasteiger partial charge in [-0.25, -0.2) is 0 Å². The van der Waals surface area contributed by atoms with E-state index in [1.807, 2.05) is 0 Å². The second-order valence-electron chi connectivity index (χ2n) is 6.17. The van der Waals surface area contributed by atoms with Crippen LogP contribution < -0.4 is 5.73 Å². The van der Waals surface area contributed by atoms with E-state index in [1.165, 1.54) is 51.7 Å². The maximum Gasteiger partial charge on any atom is 0.191 e. The van der Waals surface area contributed by atoms with Crippen molar-refractivity contribution in [1.82, 2.24) is 9.80 Å². The van der Waals surface area contributed by atoms with E-state index in [1.54, 1.807) is 0 Å². The number of likely N-dealkylation sites (tertiary alicyclic amines) is 2. The van der Waals surface area contributed by atoms with Gasteiger partial charge in [0.15, 0.2) is 5.96 Å². The minimum Gasteiger partial charge on any atom is -0.370 e. The Balaban J connectivity index is 1.60. The predicted octanol–water partition coefficient (Wildman–Crippen LogP) is 1.91. The molecule has 2 heterocycles. The standard InChI is InChI=1S/C15H30N4/c1-14-6-12-18(13-7-14)9-5-8-17-15(16)19-10-3-2-4-11-19/h14H,2-13H2,1H3,(H2,16,17). The molecule has 0 atom stereocenters. The van der Waals surface area contributed by atoms with Crippen LogP contribution in [0.5, 0.6) is 0 Å². The van der Waals surface area contributed by atoms with Crippen molar-refractivity contribution < 1.29 is 0 Å². The summed E-state index contributed by atoms with van der Waals surface area (Å²) in [6.45, 7) is 9.16. The summed E-state index contributed by atoms with van der Waals surface area (Å²) in [4.78, 5) is 9.36. The monoisotopic (exact) mass is 266 g/mol. The number of nitrogens with zero attached hydrogens (tertiary/aromatic N) is 3. The van der Waals surface area contributed by atoms with Crippen molar-refractivity contribution in [2.24, 2.45) is 16.6 Å². The zero-order valence-corrected chi connectivity index (χ0v) is 12.5. The summed E-state index contributed by atoms with van der Waals surface area (Å²) in [6, 6.07) is 0.